The molecule has 0 aromatic heterocycles. The summed E-state index contributed by atoms with van der Waals surface area (Å²) in [5, 5.41) is 2.63. The lowest BCUT2D eigenvalue weighted by Gasteiger charge is -2.10. The lowest BCUT2D eigenvalue weighted by Crippen LogP contribution is -2.13. The molecular formula is C17H18BrNO4. The molecule has 0 heterocycles. The number of nitrogens with one attached hydrogen (secondary N) is 1. The van der Waals surface area contributed by atoms with Crippen molar-refractivity contribution in [3.63, 3.8) is 0 Å². The van der Waals surface area contributed by atoms with Gasteiger partial charge in [-0.05, 0) is 37.3 Å². The van der Waals surface area contributed by atoms with Crippen LogP contribution in [0.5, 0.6) is 11.5 Å². The molecular weight excluding hydrogens is 362 g/mol. The lowest BCUT2D eigenvalue weighted by molar-refractivity contribution is 0.168. The SMILES string of the molecule is CCOC(=O)Nc1cccc(OCCOc2cccc(Br)c2)c1. The van der Waals surface area contributed by atoms with Crippen LogP contribution in [0.15, 0.2) is 53.0 Å². The van der Waals surface area contributed by atoms with Crippen LogP contribution < -0.4 is 14.8 Å². The second-order valence-electron chi connectivity index (χ2n) is 4.53. The van der Waals surface area contributed by atoms with Gasteiger partial charge in [0.1, 0.15) is 24.7 Å². The van der Waals surface area contributed by atoms with Gasteiger partial charge in [0, 0.05) is 16.2 Å². The van der Waals surface area contributed by atoms with Crippen molar-refractivity contribution in [3.05, 3.63) is 53.0 Å². The van der Waals surface area contributed by atoms with Gasteiger partial charge in [0.05, 0.1) is 6.61 Å². The highest BCUT2D eigenvalue weighted by atomic mass is 79.9. The number of ether oxygens (including phenoxy) is 3. The van der Waals surface area contributed by atoms with E-state index in [0.29, 0.717) is 31.3 Å². The Balaban J connectivity index is 1.78. The Morgan fingerprint density at radius 1 is 1.04 bits per heavy atom. The van der Waals surface area contributed by atoms with E-state index in [0.717, 1.165) is 10.2 Å². The summed E-state index contributed by atoms with van der Waals surface area (Å²) in [5.74, 6) is 1.43. The predicted octanol–water partition coefficient (Wildman–Crippen LogP) is 4.48. The highest BCUT2D eigenvalue weighted by Crippen LogP contribution is 2.19. The van der Waals surface area contributed by atoms with Crippen LogP contribution in [-0.2, 0) is 4.74 Å². The molecule has 0 saturated carbocycles. The fourth-order valence-corrected chi connectivity index (χ4v) is 2.20. The van der Waals surface area contributed by atoms with E-state index in [9.17, 15) is 4.79 Å². The summed E-state index contributed by atoms with van der Waals surface area (Å²) in [4.78, 5) is 11.4. The van der Waals surface area contributed by atoms with Gasteiger partial charge in [0.25, 0.3) is 0 Å². The zero-order valence-electron chi connectivity index (χ0n) is 12.8. The Morgan fingerprint density at radius 2 is 1.70 bits per heavy atom. The van der Waals surface area contributed by atoms with Gasteiger partial charge < -0.3 is 14.2 Å². The molecule has 0 fully saturated rings. The number of carbonyl (C=O) groups excluding carboxylic acids is 1. The van der Waals surface area contributed by atoms with Crippen LogP contribution in [0.3, 0.4) is 0 Å². The normalized spacial score (nSPS) is 10.0. The molecule has 2 rings (SSSR count). The number of rotatable bonds is 7. The van der Waals surface area contributed by atoms with Crippen LogP contribution in [0.25, 0.3) is 0 Å². The van der Waals surface area contributed by atoms with Gasteiger partial charge in [-0.15, -0.1) is 0 Å². The van der Waals surface area contributed by atoms with E-state index in [2.05, 4.69) is 21.2 Å². The Bertz CT molecular complexity index is 648. The summed E-state index contributed by atoms with van der Waals surface area (Å²) in [6.07, 6.45) is -0.484. The zero-order chi connectivity index (χ0) is 16.5. The molecule has 1 N–H and O–H groups in total. The Morgan fingerprint density at radius 3 is 2.35 bits per heavy atom. The minimum absolute atomic E-state index is 0.328. The molecule has 0 unspecified atom stereocenters. The number of carbonyl (C=O) groups is 1. The van der Waals surface area contributed by atoms with E-state index in [1.54, 1.807) is 25.1 Å². The first kappa shape index (κ1) is 17.1. The molecule has 1 amide bonds. The average molecular weight is 380 g/mol. The molecule has 0 radical (unpaired) electrons. The van der Waals surface area contributed by atoms with Crippen LogP contribution >= 0.6 is 15.9 Å². The van der Waals surface area contributed by atoms with E-state index < -0.39 is 6.09 Å². The Kier molecular flexibility index (Phi) is 6.75. The maximum absolute atomic E-state index is 11.4. The second-order valence-corrected chi connectivity index (χ2v) is 5.44. The van der Waals surface area contributed by atoms with Crippen molar-refractivity contribution < 1.29 is 19.0 Å². The van der Waals surface area contributed by atoms with Crippen molar-refractivity contribution in [1.29, 1.82) is 0 Å². The molecule has 2 aromatic rings. The monoisotopic (exact) mass is 379 g/mol. The van der Waals surface area contributed by atoms with Crippen LogP contribution in [0.4, 0.5) is 10.5 Å². The second kappa shape index (κ2) is 9.05. The number of amides is 1. The van der Waals surface area contributed by atoms with Gasteiger partial charge in [-0.3, -0.25) is 5.32 Å². The van der Waals surface area contributed by atoms with E-state index in [4.69, 9.17) is 14.2 Å². The summed E-state index contributed by atoms with van der Waals surface area (Å²) < 4.78 is 17.0. The first-order valence-corrected chi connectivity index (χ1v) is 8.01. The van der Waals surface area contributed by atoms with Gasteiger partial charge in [0.15, 0.2) is 0 Å². The van der Waals surface area contributed by atoms with Crippen LogP contribution in [0.2, 0.25) is 0 Å². The molecule has 5 nitrogen and oxygen atoms in total. The number of anilines is 1. The Hall–Kier alpha value is -2.21. The molecule has 0 bridgehead atoms. The van der Waals surface area contributed by atoms with Crippen molar-refractivity contribution >= 4 is 27.7 Å². The molecule has 0 aliphatic rings. The van der Waals surface area contributed by atoms with Gasteiger partial charge in [-0.1, -0.05) is 28.1 Å². The average Bonchev–Trinajstić information content (AvgIpc) is 2.52. The predicted molar refractivity (Wildman–Crippen MR) is 92.2 cm³/mol. The molecule has 0 atom stereocenters. The minimum atomic E-state index is -0.484. The van der Waals surface area contributed by atoms with Gasteiger partial charge in [-0.2, -0.15) is 0 Å². The first-order valence-electron chi connectivity index (χ1n) is 7.22. The van der Waals surface area contributed by atoms with Crippen molar-refractivity contribution in [2.45, 2.75) is 6.92 Å². The third kappa shape index (κ3) is 6.20. The number of hydrogen-bond donors (Lipinski definition) is 1. The molecule has 23 heavy (non-hydrogen) atoms. The summed E-state index contributed by atoms with van der Waals surface area (Å²) in [6, 6.07) is 14.7. The maximum Gasteiger partial charge on any atom is 0.411 e. The van der Waals surface area contributed by atoms with Crippen LogP contribution in [0.1, 0.15) is 6.92 Å². The topological polar surface area (TPSA) is 56.8 Å². The molecule has 122 valence electrons. The number of halogens is 1. The minimum Gasteiger partial charge on any atom is -0.490 e. The highest BCUT2D eigenvalue weighted by molar-refractivity contribution is 9.10. The lowest BCUT2D eigenvalue weighted by atomic mass is 10.3. The summed E-state index contributed by atoms with van der Waals surface area (Å²) >= 11 is 3.39. The van der Waals surface area contributed by atoms with Gasteiger partial charge >= 0.3 is 6.09 Å². The van der Waals surface area contributed by atoms with Crippen molar-refractivity contribution in [3.8, 4) is 11.5 Å². The fraction of sp³-hybridized carbons (Fsp3) is 0.235. The quantitative estimate of drug-likeness (QED) is 0.720. The van der Waals surface area contributed by atoms with E-state index in [1.165, 1.54) is 0 Å². The maximum atomic E-state index is 11.4. The summed E-state index contributed by atoms with van der Waals surface area (Å²) in [5.41, 5.74) is 0.619. The number of benzene rings is 2. The van der Waals surface area contributed by atoms with Crippen LogP contribution in [-0.4, -0.2) is 25.9 Å². The van der Waals surface area contributed by atoms with Crippen molar-refractivity contribution in [1.82, 2.24) is 0 Å². The third-order valence-corrected chi connectivity index (χ3v) is 3.27. The summed E-state index contributed by atoms with van der Waals surface area (Å²) in [6.45, 7) is 2.90. The molecule has 0 saturated heterocycles. The van der Waals surface area contributed by atoms with Gasteiger partial charge in [-0.25, -0.2) is 4.79 Å². The van der Waals surface area contributed by atoms with E-state index in [-0.39, 0.29) is 0 Å². The molecule has 0 aliphatic heterocycles. The van der Waals surface area contributed by atoms with E-state index in [1.807, 2.05) is 30.3 Å². The zero-order valence-corrected chi connectivity index (χ0v) is 14.3. The van der Waals surface area contributed by atoms with Crippen molar-refractivity contribution in [2.75, 3.05) is 25.1 Å². The molecule has 2 aromatic carbocycles. The molecule has 0 spiro atoms. The third-order valence-electron chi connectivity index (χ3n) is 2.77. The fourth-order valence-electron chi connectivity index (χ4n) is 1.82. The standard InChI is InChI=1S/C17H18BrNO4/c1-2-21-17(20)19-14-6-4-8-16(12-14)23-10-9-22-15-7-3-5-13(18)11-15/h3-8,11-12H,2,9-10H2,1H3,(H,19,20). The molecule has 6 heteroatoms. The number of hydrogen-bond acceptors (Lipinski definition) is 4. The van der Waals surface area contributed by atoms with Gasteiger partial charge in [0.2, 0.25) is 0 Å². The Labute approximate surface area is 143 Å². The van der Waals surface area contributed by atoms with E-state index >= 15 is 0 Å². The largest absolute Gasteiger partial charge is 0.490 e. The van der Waals surface area contributed by atoms with Crippen LogP contribution in [0, 0.1) is 0 Å². The smallest absolute Gasteiger partial charge is 0.411 e. The van der Waals surface area contributed by atoms with Crippen molar-refractivity contribution in [2.24, 2.45) is 0 Å². The summed E-state index contributed by atoms with van der Waals surface area (Å²) in [7, 11) is 0. The highest BCUT2D eigenvalue weighted by Gasteiger charge is 2.03. The molecule has 0 aliphatic carbocycles. The first-order chi connectivity index (χ1) is 11.2.